The van der Waals surface area contributed by atoms with Crippen LogP contribution in [0.2, 0.25) is 0 Å². The van der Waals surface area contributed by atoms with Crippen LogP contribution in [0.3, 0.4) is 0 Å². The smallest absolute Gasteiger partial charge is 0.262 e. The lowest BCUT2D eigenvalue weighted by atomic mass is 10.1. The molecule has 3 rings (SSSR count). The Kier molecular flexibility index (Phi) is 5.52. The van der Waals surface area contributed by atoms with Gasteiger partial charge in [-0.25, -0.2) is 4.98 Å². The highest BCUT2D eigenvalue weighted by atomic mass is 32.1. The van der Waals surface area contributed by atoms with Crippen molar-refractivity contribution in [2.24, 2.45) is 0 Å². The number of hydrogen-bond donors (Lipinski definition) is 1. The number of thiophene rings is 1. The number of fused-ring (bicyclic) bond motifs is 1. The summed E-state index contributed by atoms with van der Waals surface area (Å²) < 4.78 is 1.39. The van der Waals surface area contributed by atoms with E-state index < -0.39 is 0 Å². The van der Waals surface area contributed by atoms with Gasteiger partial charge in [-0.2, -0.15) is 0 Å². The van der Waals surface area contributed by atoms with E-state index in [9.17, 15) is 9.59 Å². The van der Waals surface area contributed by atoms with E-state index in [1.807, 2.05) is 39.0 Å². The standard InChI is InChI=1S/C20H23N3O2S/c1-13(9-10-16-7-5-4-6-8-16)22-17(24)11-23-12-21-19-18(20(23)25)14(2)15(3)26-19/h4-8,12-13H,9-11H2,1-3H3,(H,22,24). The molecule has 0 saturated heterocycles. The van der Waals surface area contributed by atoms with Crippen LogP contribution in [0.25, 0.3) is 10.2 Å². The van der Waals surface area contributed by atoms with Crippen molar-refractivity contribution in [1.82, 2.24) is 14.9 Å². The third kappa shape index (κ3) is 4.02. The summed E-state index contributed by atoms with van der Waals surface area (Å²) in [6.45, 7) is 5.88. The monoisotopic (exact) mass is 369 g/mol. The molecule has 2 aromatic heterocycles. The fourth-order valence-electron chi connectivity index (χ4n) is 2.96. The minimum atomic E-state index is -0.168. The van der Waals surface area contributed by atoms with Gasteiger partial charge < -0.3 is 5.32 Å². The van der Waals surface area contributed by atoms with Crippen molar-refractivity contribution in [1.29, 1.82) is 0 Å². The summed E-state index contributed by atoms with van der Waals surface area (Å²) in [5.41, 5.74) is 2.06. The predicted octanol–water partition coefficient (Wildman–Crippen LogP) is 3.21. The van der Waals surface area contributed by atoms with Gasteiger partial charge in [-0.1, -0.05) is 30.3 Å². The second-order valence-corrected chi connectivity index (χ2v) is 7.84. The van der Waals surface area contributed by atoms with Crippen LogP contribution in [-0.4, -0.2) is 21.5 Å². The van der Waals surface area contributed by atoms with Crippen molar-refractivity contribution in [3.8, 4) is 0 Å². The molecule has 3 aromatic rings. The zero-order valence-electron chi connectivity index (χ0n) is 15.3. The summed E-state index contributed by atoms with van der Waals surface area (Å²) in [7, 11) is 0. The molecule has 0 fully saturated rings. The fraction of sp³-hybridized carbons (Fsp3) is 0.350. The zero-order chi connectivity index (χ0) is 18.7. The normalized spacial score (nSPS) is 12.3. The average molecular weight is 369 g/mol. The average Bonchev–Trinajstić information content (AvgIpc) is 2.91. The number of carbonyl (C=O) groups is 1. The van der Waals surface area contributed by atoms with Crippen molar-refractivity contribution in [2.45, 2.75) is 46.2 Å². The third-order valence-corrected chi connectivity index (χ3v) is 5.70. The number of nitrogens with zero attached hydrogens (tertiary/aromatic N) is 2. The Balaban J connectivity index is 1.63. The highest BCUT2D eigenvalue weighted by Gasteiger charge is 2.14. The SMILES string of the molecule is Cc1sc2ncn(CC(=O)NC(C)CCc3ccccc3)c(=O)c2c1C. The molecule has 26 heavy (non-hydrogen) atoms. The van der Waals surface area contributed by atoms with E-state index in [-0.39, 0.29) is 24.1 Å². The van der Waals surface area contributed by atoms with Crippen LogP contribution in [0.4, 0.5) is 0 Å². The summed E-state index contributed by atoms with van der Waals surface area (Å²) in [5.74, 6) is -0.168. The molecule has 1 amide bonds. The topological polar surface area (TPSA) is 64.0 Å². The van der Waals surface area contributed by atoms with Crippen LogP contribution in [0.1, 0.15) is 29.3 Å². The Labute approximate surface area is 156 Å². The molecule has 1 unspecified atom stereocenters. The Bertz CT molecular complexity index is 976. The summed E-state index contributed by atoms with van der Waals surface area (Å²) in [5, 5.41) is 3.59. The van der Waals surface area contributed by atoms with Crippen LogP contribution >= 0.6 is 11.3 Å². The Morgan fingerprint density at radius 2 is 2.00 bits per heavy atom. The van der Waals surface area contributed by atoms with E-state index in [1.165, 1.54) is 27.8 Å². The second kappa shape index (κ2) is 7.83. The molecule has 136 valence electrons. The van der Waals surface area contributed by atoms with Crippen LogP contribution in [-0.2, 0) is 17.8 Å². The molecule has 1 atom stereocenters. The number of aryl methyl sites for hydroxylation is 3. The predicted molar refractivity (Wildman–Crippen MR) is 106 cm³/mol. The Morgan fingerprint density at radius 1 is 1.27 bits per heavy atom. The van der Waals surface area contributed by atoms with E-state index in [2.05, 4.69) is 22.4 Å². The van der Waals surface area contributed by atoms with E-state index >= 15 is 0 Å². The number of amides is 1. The third-order valence-electron chi connectivity index (χ3n) is 4.59. The molecule has 0 aliphatic heterocycles. The molecule has 0 saturated carbocycles. The summed E-state index contributed by atoms with van der Waals surface area (Å²) in [6.07, 6.45) is 3.22. The van der Waals surface area contributed by atoms with Gasteiger partial charge in [0.05, 0.1) is 11.7 Å². The number of benzene rings is 1. The van der Waals surface area contributed by atoms with Gasteiger partial charge >= 0.3 is 0 Å². The van der Waals surface area contributed by atoms with E-state index in [1.54, 1.807) is 0 Å². The molecule has 0 aliphatic rings. The molecular formula is C20H23N3O2S. The van der Waals surface area contributed by atoms with E-state index in [0.29, 0.717) is 5.39 Å². The van der Waals surface area contributed by atoms with Crippen molar-refractivity contribution in [3.63, 3.8) is 0 Å². The van der Waals surface area contributed by atoms with E-state index in [4.69, 9.17) is 0 Å². The number of carbonyl (C=O) groups excluding carboxylic acids is 1. The summed E-state index contributed by atoms with van der Waals surface area (Å²) >= 11 is 1.51. The van der Waals surface area contributed by atoms with Crippen LogP contribution in [0, 0.1) is 13.8 Å². The first kappa shape index (κ1) is 18.3. The van der Waals surface area contributed by atoms with Gasteiger partial charge in [-0.3, -0.25) is 14.2 Å². The van der Waals surface area contributed by atoms with Gasteiger partial charge in [-0.05, 0) is 44.7 Å². The second-order valence-electron chi connectivity index (χ2n) is 6.63. The number of nitrogens with one attached hydrogen (secondary N) is 1. The number of rotatable bonds is 6. The van der Waals surface area contributed by atoms with E-state index in [0.717, 1.165) is 28.1 Å². The van der Waals surface area contributed by atoms with Crippen LogP contribution in [0.5, 0.6) is 0 Å². The quantitative estimate of drug-likeness (QED) is 0.726. The first-order chi connectivity index (χ1) is 12.5. The zero-order valence-corrected chi connectivity index (χ0v) is 16.1. The summed E-state index contributed by atoms with van der Waals surface area (Å²) in [6, 6.07) is 10.2. The number of hydrogen-bond acceptors (Lipinski definition) is 4. The fourth-order valence-corrected chi connectivity index (χ4v) is 3.95. The maximum Gasteiger partial charge on any atom is 0.262 e. The molecule has 0 radical (unpaired) electrons. The van der Waals surface area contributed by atoms with Crippen molar-refractivity contribution < 1.29 is 4.79 Å². The Hall–Kier alpha value is -2.47. The molecule has 1 aromatic carbocycles. The van der Waals surface area contributed by atoms with Crippen molar-refractivity contribution in [3.05, 3.63) is 63.0 Å². The van der Waals surface area contributed by atoms with Gasteiger partial charge in [0.15, 0.2) is 0 Å². The van der Waals surface area contributed by atoms with Gasteiger partial charge in [0.2, 0.25) is 5.91 Å². The van der Waals surface area contributed by atoms with Gasteiger partial charge in [0.25, 0.3) is 5.56 Å². The maximum atomic E-state index is 12.6. The van der Waals surface area contributed by atoms with Crippen LogP contribution < -0.4 is 10.9 Å². The lowest BCUT2D eigenvalue weighted by molar-refractivity contribution is -0.122. The molecule has 0 spiro atoms. The largest absolute Gasteiger partial charge is 0.352 e. The summed E-state index contributed by atoms with van der Waals surface area (Å²) in [4.78, 5) is 31.1. The van der Waals surface area contributed by atoms with Gasteiger partial charge in [0.1, 0.15) is 11.4 Å². The molecule has 0 aliphatic carbocycles. The molecule has 0 bridgehead atoms. The molecule has 6 heteroatoms. The molecular weight excluding hydrogens is 346 g/mol. The highest BCUT2D eigenvalue weighted by molar-refractivity contribution is 7.18. The lowest BCUT2D eigenvalue weighted by Gasteiger charge is -2.14. The van der Waals surface area contributed by atoms with Crippen molar-refractivity contribution in [2.75, 3.05) is 0 Å². The first-order valence-electron chi connectivity index (χ1n) is 8.74. The molecule has 2 heterocycles. The Morgan fingerprint density at radius 3 is 2.73 bits per heavy atom. The van der Waals surface area contributed by atoms with Gasteiger partial charge in [-0.15, -0.1) is 11.3 Å². The maximum absolute atomic E-state index is 12.6. The van der Waals surface area contributed by atoms with Crippen LogP contribution in [0.15, 0.2) is 41.5 Å². The molecule has 5 nitrogen and oxygen atoms in total. The minimum absolute atomic E-state index is 0.00815. The van der Waals surface area contributed by atoms with Gasteiger partial charge in [0, 0.05) is 10.9 Å². The first-order valence-corrected chi connectivity index (χ1v) is 9.55. The lowest BCUT2D eigenvalue weighted by Crippen LogP contribution is -2.37. The number of aromatic nitrogens is 2. The minimum Gasteiger partial charge on any atom is -0.352 e. The van der Waals surface area contributed by atoms with Crippen molar-refractivity contribution >= 4 is 27.5 Å². The highest BCUT2D eigenvalue weighted by Crippen LogP contribution is 2.25. The molecule has 1 N–H and O–H groups in total.